The van der Waals surface area contributed by atoms with E-state index in [0.29, 0.717) is 13.1 Å². The highest BCUT2D eigenvalue weighted by Gasteiger charge is 2.16. The summed E-state index contributed by atoms with van der Waals surface area (Å²) in [6, 6.07) is 12.1. The molecule has 0 saturated carbocycles. The van der Waals surface area contributed by atoms with E-state index < -0.39 is 0 Å². The van der Waals surface area contributed by atoms with Crippen LogP contribution in [0.15, 0.2) is 47.6 Å². The zero-order chi connectivity index (χ0) is 20.5. The maximum atomic E-state index is 6.24. The van der Waals surface area contributed by atoms with Crippen LogP contribution in [0.4, 0.5) is 5.82 Å². The summed E-state index contributed by atoms with van der Waals surface area (Å²) in [5.41, 5.74) is 2.14. The lowest BCUT2D eigenvalue weighted by Crippen LogP contribution is -2.46. The first-order chi connectivity index (χ1) is 14.2. The van der Waals surface area contributed by atoms with Gasteiger partial charge in [0.15, 0.2) is 5.96 Å². The summed E-state index contributed by atoms with van der Waals surface area (Å²) < 4.78 is 0. The van der Waals surface area contributed by atoms with Gasteiger partial charge in [0, 0.05) is 50.5 Å². The fourth-order valence-electron chi connectivity index (χ4n) is 3.32. The number of anilines is 1. The molecule has 0 radical (unpaired) electrons. The van der Waals surface area contributed by atoms with E-state index in [0.717, 1.165) is 67.2 Å². The van der Waals surface area contributed by atoms with Crippen molar-refractivity contribution in [3.05, 3.63) is 58.7 Å². The Hall–Kier alpha value is -1.58. The number of pyridine rings is 1. The molecule has 0 bridgehead atoms. The van der Waals surface area contributed by atoms with Crippen molar-refractivity contribution < 1.29 is 0 Å². The standard InChI is InChI=1S/C22H31ClN6.HI/c1-3-24-22(27-17-19-7-5-6-8-20(19)23)26-16-18-9-10-21(25-15-18)29-13-11-28(4-2)12-14-29;/h5-10,15H,3-4,11-14,16-17H2,1-2H3,(H2,24,26,27);1H. The number of rotatable bonds is 7. The molecule has 1 aliphatic heterocycles. The summed E-state index contributed by atoms with van der Waals surface area (Å²) in [6.07, 6.45) is 1.93. The van der Waals surface area contributed by atoms with Crippen LogP contribution < -0.4 is 15.5 Å². The van der Waals surface area contributed by atoms with Gasteiger partial charge in [0.05, 0.1) is 6.54 Å². The number of hydrogen-bond acceptors (Lipinski definition) is 4. The van der Waals surface area contributed by atoms with E-state index >= 15 is 0 Å². The Morgan fingerprint density at radius 3 is 2.47 bits per heavy atom. The Morgan fingerprint density at radius 2 is 1.83 bits per heavy atom. The second-order valence-corrected chi connectivity index (χ2v) is 7.49. The average molecular weight is 543 g/mol. The van der Waals surface area contributed by atoms with Gasteiger partial charge in [0.1, 0.15) is 5.82 Å². The molecule has 3 rings (SSSR count). The Morgan fingerprint density at radius 1 is 1.07 bits per heavy atom. The molecule has 2 heterocycles. The molecule has 1 aromatic carbocycles. The first-order valence-electron chi connectivity index (χ1n) is 10.4. The van der Waals surface area contributed by atoms with Crippen molar-refractivity contribution in [2.75, 3.05) is 44.2 Å². The predicted octanol–water partition coefficient (Wildman–Crippen LogP) is 3.75. The summed E-state index contributed by atoms with van der Waals surface area (Å²) in [6.45, 7) is 11.7. The van der Waals surface area contributed by atoms with Gasteiger partial charge >= 0.3 is 0 Å². The first-order valence-corrected chi connectivity index (χ1v) is 10.7. The maximum Gasteiger partial charge on any atom is 0.191 e. The molecule has 6 nitrogen and oxygen atoms in total. The van der Waals surface area contributed by atoms with E-state index in [2.05, 4.69) is 56.4 Å². The fourth-order valence-corrected chi connectivity index (χ4v) is 3.53. The minimum atomic E-state index is 0. The molecule has 2 N–H and O–H groups in total. The van der Waals surface area contributed by atoms with Gasteiger partial charge in [0.25, 0.3) is 0 Å². The predicted molar refractivity (Wildman–Crippen MR) is 137 cm³/mol. The minimum absolute atomic E-state index is 0. The van der Waals surface area contributed by atoms with Crippen molar-refractivity contribution in [1.29, 1.82) is 0 Å². The number of nitrogens with zero attached hydrogens (tertiary/aromatic N) is 4. The lowest BCUT2D eigenvalue weighted by Gasteiger charge is -2.34. The summed E-state index contributed by atoms with van der Waals surface area (Å²) in [7, 11) is 0. The number of aliphatic imine (C=N–C) groups is 1. The molecule has 1 aliphatic rings. The van der Waals surface area contributed by atoms with Crippen LogP contribution in [0.2, 0.25) is 5.02 Å². The molecular formula is C22H32ClIN6. The highest BCUT2D eigenvalue weighted by molar-refractivity contribution is 14.0. The van der Waals surface area contributed by atoms with Crippen LogP contribution >= 0.6 is 35.6 Å². The van der Waals surface area contributed by atoms with Gasteiger partial charge < -0.3 is 20.4 Å². The Balaban J connectivity index is 0.00000320. The molecule has 164 valence electrons. The van der Waals surface area contributed by atoms with E-state index in [4.69, 9.17) is 11.6 Å². The van der Waals surface area contributed by atoms with Crippen molar-refractivity contribution in [3.8, 4) is 0 Å². The summed E-state index contributed by atoms with van der Waals surface area (Å²) >= 11 is 6.24. The van der Waals surface area contributed by atoms with Crippen molar-refractivity contribution in [3.63, 3.8) is 0 Å². The number of guanidine groups is 1. The van der Waals surface area contributed by atoms with Gasteiger partial charge in [-0.15, -0.1) is 24.0 Å². The number of halogens is 2. The third-order valence-corrected chi connectivity index (χ3v) is 5.49. The molecule has 1 saturated heterocycles. The lowest BCUT2D eigenvalue weighted by molar-refractivity contribution is 0.270. The lowest BCUT2D eigenvalue weighted by atomic mass is 10.2. The normalized spacial score (nSPS) is 14.9. The Bertz CT molecular complexity index is 790. The monoisotopic (exact) mass is 542 g/mol. The van der Waals surface area contributed by atoms with Gasteiger partial charge in [-0.1, -0.05) is 42.8 Å². The van der Waals surface area contributed by atoms with Gasteiger partial charge in [-0.3, -0.25) is 0 Å². The zero-order valence-corrected chi connectivity index (χ0v) is 20.9. The summed E-state index contributed by atoms with van der Waals surface area (Å²) in [4.78, 5) is 14.2. The summed E-state index contributed by atoms with van der Waals surface area (Å²) in [5, 5.41) is 7.38. The number of aromatic nitrogens is 1. The third kappa shape index (κ3) is 7.28. The van der Waals surface area contributed by atoms with Crippen LogP contribution in [0.5, 0.6) is 0 Å². The molecule has 1 aromatic heterocycles. The summed E-state index contributed by atoms with van der Waals surface area (Å²) in [5.74, 6) is 1.82. The fraction of sp³-hybridized carbons (Fsp3) is 0.455. The highest BCUT2D eigenvalue weighted by atomic mass is 127. The number of hydrogen-bond donors (Lipinski definition) is 2. The van der Waals surface area contributed by atoms with Crippen LogP contribution in [0.25, 0.3) is 0 Å². The van der Waals surface area contributed by atoms with E-state index in [-0.39, 0.29) is 24.0 Å². The van der Waals surface area contributed by atoms with E-state index in [1.807, 2.05) is 30.5 Å². The molecule has 2 aromatic rings. The number of nitrogens with one attached hydrogen (secondary N) is 2. The zero-order valence-electron chi connectivity index (χ0n) is 17.8. The van der Waals surface area contributed by atoms with Gasteiger partial charge in [0.2, 0.25) is 0 Å². The molecular weight excluding hydrogens is 511 g/mol. The van der Waals surface area contributed by atoms with Crippen molar-refractivity contribution >= 4 is 47.4 Å². The van der Waals surface area contributed by atoms with Crippen LogP contribution in [0, 0.1) is 0 Å². The van der Waals surface area contributed by atoms with Crippen molar-refractivity contribution in [2.24, 2.45) is 4.99 Å². The number of benzene rings is 1. The third-order valence-electron chi connectivity index (χ3n) is 5.12. The molecule has 0 unspecified atom stereocenters. The topological polar surface area (TPSA) is 55.8 Å². The quantitative estimate of drug-likeness (QED) is 0.317. The number of piperazine rings is 1. The minimum Gasteiger partial charge on any atom is -0.357 e. The van der Waals surface area contributed by atoms with E-state index in [1.165, 1.54) is 0 Å². The van der Waals surface area contributed by atoms with Gasteiger partial charge in [-0.05, 0) is 36.7 Å². The average Bonchev–Trinajstić information content (AvgIpc) is 2.77. The van der Waals surface area contributed by atoms with Crippen molar-refractivity contribution in [1.82, 2.24) is 20.5 Å². The molecule has 0 aliphatic carbocycles. The molecule has 30 heavy (non-hydrogen) atoms. The highest BCUT2D eigenvalue weighted by Crippen LogP contribution is 2.15. The largest absolute Gasteiger partial charge is 0.357 e. The van der Waals surface area contributed by atoms with Crippen LogP contribution in [-0.2, 0) is 13.1 Å². The van der Waals surface area contributed by atoms with Crippen molar-refractivity contribution in [2.45, 2.75) is 26.9 Å². The second-order valence-electron chi connectivity index (χ2n) is 7.09. The van der Waals surface area contributed by atoms with Crippen LogP contribution in [-0.4, -0.2) is 55.1 Å². The first kappa shape index (κ1) is 24.7. The maximum absolute atomic E-state index is 6.24. The molecule has 0 spiro atoms. The van der Waals surface area contributed by atoms with E-state index in [1.54, 1.807) is 0 Å². The SMILES string of the molecule is CCNC(=NCc1ccc(N2CCN(CC)CC2)nc1)NCc1ccccc1Cl.I. The Labute approximate surface area is 202 Å². The smallest absolute Gasteiger partial charge is 0.191 e. The molecule has 0 atom stereocenters. The second kappa shape index (κ2) is 13.0. The van der Waals surface area contributed by atoms with Crippen LogP contribution in [0.3, 0.4) is 0 Å². The van der Waals surface area contributed by atoms with E-state index in [9.17, 15) is 0 Å². The molecule has 8 heteroatoms. The van der Waals surface area contributed by atoms with Gasteiger partial charge in [-0.25, -0.2) is 9.98 Å². The molecule has 0 amide bonds. The number of likely N-dealkylation sites (N-methyl/N-ethyl adjacent to an activating group) is 1. The Kier molecular flexibility index (Phi) is 10.7. The van der Waals surface area contributed by atoms with Gasteiger partial charge in [-0.2, -0.15) is 0 Å². The van der Waals surface area contributed by atoms with Crippen LogP contribution in [0.1, 0.15) is 25.0 Å². The molecule has 1 fully saturated rings.